The molecule has 4 heteroatoms. The summed E-state index contributed by atoms with van der Waals surface area (Å²) in [4.78, 5) is 0. The molecule has 0 N–H and O–H groups in total. The van der Waals surface area contributed by atoms with Gasteiger partial charge in [-0.3, -0.25) is 0 Å². The van der Waals surface area contributed by atoms with Gasteiger partial charge in [-0.1, -0.05) is 18.2 Å². The van der Waals surface area contributed by atoms with Crippen molar-refractivity contribution in [1.82, 2.24) is 0 Å². The molecule has 0 rings (SSSR count). The molecule has 0 aliphatic rings. The summed E-state index contributed by atoms with van der Waals surface area (Å²) in [6, 6.07) is 0.910. The fourth-order valence-corrected chi connectivity index (χ4v) is 3.84. The van der Waals surface area contributed by atoms with Crippen molar-refractivity contribution in [1.29, 1.82) is 0 Å². The molecule has 0 spiro atoms. The Hall–Kier alpha value is -0.683. The van der Waals surface area contributed by atoms with Gasteiger partial charge in [-0.15, -0.1) is 19.7 Å². The molecule has 0 heterocycles. The smallest absolute Gasteiger partial charge is 0.237 e. The van der Waals surface area contributed by atoms with Crippen molar-refractivity contribution in [2.75, 3.05) is 21.3 Å². The third-order valence-corrected chi connectivity index (χ3v) is 5.69. The molecule has 0 aliphatic carbocycles. The molecule has 0 fully saturated rings. The number of ether oxygens (including phenoxy) is 2. The number of methoxy groups -OCH3 is 2. The van der Waals surface area contributed by atoms with Crippen LogP contribution in [0.15, 0.2) is 38.0 Å². The predicted molar refractivity (Wildman–Crippen MR) is 74.4 cm³/mol. The molecule has 0 saturated carbocycles. The zero-order chi connectivity index (χ0) is 13.3. The highest BCUT2D eigenvalue weighted by Gasteiger charge is 2.27. The number of hydrogen-bond acceptors (Lipinski definition) is 3. The van der Waals surface area contributed by atoms with Crippen LogP contribution in [0.4, 0.5) is 0 Å². The van der Waals surface area contributed by atoms with Crippen LogP contribution >= 0.6 is 0 Å². The minimum Gasteiger partial charge on any atom is -0.417 e. The van der Waals surface area contributed by atoms with E-state index in [1.807, 2.05) is 18.2 Å². The SMILES string of the molecule is C=CC(C=C)(C=C)CC[SiH](OC)C(OC)OC. The van der Waals surface area contributed by atoms with E-state index >= 15 is 0 Å². The Morgan fingerprint density at radius 3 is 1.82 bits per heavy atom. The van der Waals surface area contributed by atoms with Crippen molar-refractivity contribution in [3.05, 3.63) is 38.0 Å². The van der Waals surface area contributed by atoms with Crippen LogP contribution < -0.4 is 0 Å². The first-order chi connectivity index (χ1) is 8.12. The number of rotatable bonds is 10. The van der Waals surface area contributed by atoms with Gasteiger partial charge < -0.3 is 13.9 Å². The van der Waals surface area contributed by atoms with Gasteiger partial charge in [0, 0.05) is 26.7 Å². The van der Waals surface area contributed by atoms with Crippen molar-refractivity contribution in [3.8, 4) is 0 Å². The third kappa shape index (κ3) is 4.59. The Balaban J connectivity index is 4.54. The van der Waals surface area contributed by atoms with E-state index in [9.17, 15) is 0 Å². The second-order valence-corrected chi connectivity index (χ2v) is 6.55. The second-order valence-electron chi connectivity index (χ2n) is 3.88. The van der Waals surface area contributed by atoms with Gasteiger partial charge in [-0.05, 0) is 12.5 Å². The lowest BCUT2D eigenvalue weighted by Gasteiger charge is -2.27. The van der Waals surface area contributed by atoms with Gasteiger partial charge in [0.1, 0.15) is 0 Å². The molecule has 3 nitrogen and oxygen atoms in total. The molecule has 1 atom stereocenters. The molecule has 0 amide bonds. The Labute approximate surface area is 106 Å². The van der Waals surface area contributed by atoms with E-state index in [1.165, 1.54) is 0 Å². The van der Waals surface area contributed by atoms with Crippen molar-refractivity contribution in [2.24, 2.45) is 5.41 Å². The zero-order valence-corrected chi connectivity index (χ0v) is 12.3. The average Bonchev–Trinajstić information content (AvgIpc) is 2.39. The Kier molecular flexibility index (Phi) is 8.08. The van der Waals surface area contributed by atoms with Gasteiger partial charge in [0.2, 0.25) is 9.04 Å². The highest BCUT2D eigenvalue weighted by Crippen LogP contribution is 2.29. The van der Waals surface area contributed by atoms with Crippen LogP contribution in [0.2, 0.25) is 6.04 Å². The minimum absolute atomic E-state index is 0.225. The quantitative estimate of drug-likeness (QED) is 0.341. The van der Waals surface area contributed by atoms with Gasteiger partial charge in [0.15, 0.2) is 5.91 Å². The summed E-state index contributed by atoms with van der Waals surface area (Å²) < 4.78 is 16.0. The molecule has 0 aromatic carbocycles. The lowest BCUT2D eigenvalue weighted by atomic mass is 9.86. The molecule has 0 aromatic rings. The summed E-state index contributed by atoms with van der Waals surface area (Å²) in [6.45, 7) is 11.5. The third-order valence-electron chi connectivity index (χ3n) is 3.07. The molecule has 1 unspecified atom stereocenters. The Bertz CT molecular complexity index is 227. The van der Waals surface area contributed by atoms with Gasteiger partial charge in [0.25, 0.3) is 0 Å². The summed E-state index contributed by atoms with van der Waals surface area (Å²) >= 11 is 0. The van der Waals surface area contributed by atoms with Gasteiger partial charge in [-0.25, -0.2) is 0 Å². The van der Waals surface area contributed by atoms with Crippen LogP contribution in [0.5, 0.6) is 0 Å². The van der Waals surface area contributed by atoms with Crippen LogP contribution in [0.25, 0.3) is 0 Å². The van der Waals surface area contributed by atoms with Crippen molar-refractivity contribution >= 4 is 9.04 Å². The molecular formula is C13H24O3Si. The Morgan fingerprint density at radius 2 is 1.53 bits per heavy atom. The molecule has 0 aromatic heterocycles. The zero-order valence-electron chi connectivity index (χ0n) is 11.1. The molecule has 0 saturated heterocycles. The second kappa shape index (κ2) is 8.41. The lowest BCUT2D eigenvalue weighted by Crippen LogP contribution is -2.37. The fraction of sp³-hybridized carbons (Fsp3) is 0.538. The van der Waals surface area contributed by atoms with E-state index in [4.69, 9.17) is 13.9 Å². The summed E-state index contributed by atoms with van der Waals surface area (Å²) in [6.07, 6.45) is 6.46. The van der Waals surface area contributed by atoms with Gasteiger partial charge >= 0.3 is 0 Å². The van der Waals surface area contributed by atoms with E-state index in [2.05, 4.69) is 19.7 Å². The van der Waals surface area contributed by atoms with Crippen LogP contribution in [0.1, 0.15) is 6.42 Å². The van der Waals surface area contributed by atoms with Crippen LogP contribution in [0, 0.1) is 5.41 Å². The topological polar surface area (TPSA) is 27.7 Å². The first kappa shape index (κ1) is 16.3. The van der Waals surface area contributed by atoms with Gasteiger partial charge in [0.05, 0.1) is 0 Å². The van der Waals surface area contributed by atoms with E-state index < -0.39 is 9.04 Å². The van der Waals surface area contributed by atoms with Gasteiger partial charge in [-0.2, -0.15) is 0 Å². The first-order valence-corrected chi connectivity index (χ1v) is 7.57. The Morgan fingerprint density at radius 1 is 1.06 bits per heavy atom. The maximum Gasteiger partial charge on any atom is 0.237 e. The first-order valence-electron chi connectivity index (χ1n) is 5.62. The normalized spacial score (nSPS) is 13.4. The largest absolute Gasteiger partial charge is 0.417 e. The van der Waals surface area contributed by atoms with Crippen molar-refractivity contribution in [3.63, 3.8) is 0 Å². The molecular weight excluding hydrogens is 232 g/mol. The predicted octanol–water partition coefficient (Wildman–Crippen LogP) is 2.45. The highest BCUT2D eigenvalue weighted by atomic mass is 28.3. The molecule has 0 radical (unpaired) electrons. The number of hydrogen-bond donors (Lipinski definition) is 0. The highest BCUT2D eigenvalue weighted by molar-refractivity contribution is 6.52. The summed E-state index contributed by atoms with van der Waals surface area (Å²) in [5.74, 6) is -0.225. The van der Waals surface area contributed by atoms with Crippen LogP contribution in [-0.2, 0) is 13.9 Å². The van der Waals surface area contributed by atoms with Crippen LogP contribution in [0.3, 0.4) is 0 Å². The summed E-state index contributed by atoms with van der Waals surface area (Å²) in [5, 5.41) is 0. The average molecular weight is 256 g/mol. The molecule has 98 valence electrons. The maximum absolute atomic E-state index is 5.51. The van der Waals surface area contributed by atoms with Crippen molar-refractivity contribution in [2.45, 2.75) is 18.4 Å². The van der Waals surface area contributed by atoms with E-state index in [0.717, 1.165) is 12.5 Å². The summed E-state index contributed by atoms with van der Waals surface area (Å²) in [7, 11) is 3.42. The van der Waals surface area contributed by atoms with Crippen molar-refractivity contribution < 1.29 is 13.9 Å². The molecule has 0 bridgehead atoms. The van der Waals surface area contributed by atoms with Crippen LogP contribution in [-0.4, -0.2) is 36.3 Å². The van der Waals surface area contributed by atoms with E-state index in [-0.39, 0.29) is 11.3 Å². The number of allylic oxidation sites excluding steroid dienone is 3. The molecule has 17 heavy (non-hydrogen) atoms. The lowest BCUT2D eigenvalue weighted by molar-refractivity contribution is -0.0563. The van der Waals surface area contributed by atoms with E-state index in [0.29, 0.717) is 0 Å². The monoisotopic (exact) mass is 256 g/mol. The maximum atomic E-state index is 5.51. The van der Waals surface area contributed by atoms with E-state index in [1.54, 1.807) is 21.3 Å². The molecule has 0 aliphatic heterocycles. The fourth-order valence-electron chi connectivity index (χ4n) is 1.71. The standard InChI is InChI=1S/C13H24O3Si/c1-7-13(8-2,9-3)10-11-17(16-6)12(14-4)15-5/h7-9,12,17H,1-3,10-11H2,4-6H3. The summed E-state index contributed by atoms with van der Waals surface area (Å²) in [5.41, 5.74) is -0.226. The minimum atomic E-state index is -1.56.